The van der Waals surface area contributed by atoms with E-state index >= 15 is 0 Å². The van der Waals surface area contributed by atoms with Gasteiger partial charge in [-0.1, -0.05) is 26.0 Å². The molecule has 1 atom stereocenters. The first-order valence-corrected chi connectivity index (χ1v) is 6.08. The molecule has 1 aromatic carbocycles. The normalized spacial score (nSPS) is 12.0. The molecule has 1 aromatic rings. The second kappa shape index (κ2) is 6.28. The number of carbonyl (C=O) groups excluding carboxylic acids is 1. The number of benzene rings is 1. The van der Waals surface area contributed by atoms with Crippen molar-refractivity contribution in [3.63, 3.8) is 0 Å². The number of nitrogens with zero attached hydrogens (tertiary/aromatic N) is 1. The number of hydrogen-bond donors (Lipinski definition) is 1. The summed E-state index contributed by atoms with van der Waals surface area (Å²) in [7, 11) is 3.52. The van der Waals surface area contributed by atoms with Crippen LogP contribution in [0.5, 0.6) is 0 Å². The zero-order chi connectivity index (χ0) is 12.8. The molecule has 0 heterocycles. The van der Waals surface area contributed by atoms with Crippen molar-refractivity contribution in [3.05, 3.63) is 29.8 Å². The Morgan fingerprint density at radius 3 is 2.35 bits per heavy atom. The number of rotatable bonds is 5. The molecular weight excluding hydrogens is 212 g/mol. The van der Waals surface area contributed by atoms with E-state index in [1.54, 1.807) is 19.0 Å². The number of hydrogen-bond acceptors (Lipinski definition) is 2. The third kappa shape index (κ3) is 4.10. The summed E-state index contributed by atoms with van der Waals surface area (Å²) in [6.45, 7) is 4.75. The van der Waals surface area contributed by atoms with E-state index in [2.05, 4.69) is 31.3 Å². The van der Waals surface area contributed by atoms with E-state index in [9.17, 15) is 4.79 Å². The summed E-state index contributed by atoms with van der Waals surface area (Å²) in [6, 6.07) is 8.31. The standard InChI is InChI=1S/C14H22N2O/c1-5-11(2)12-6-8-13(9-7-12)15-10-14(17)16(3)4/h6-9,11,15H,5,10H2,1-4H3. The topological polar surface area (TPSA) is 32.3 Å². The third-order valence-corrected chi connectivity index (χ3v) is 3.03. The number of amides is 1. The molecule has 0 radical (unpaired) electrons. The molecule has 0 aromatic heterocycles. The molecule has 0 aliphatic rings. The molecule has 3 nitrogen and oxygen atoms in total. The predicted octanol–water partition coefficient (Wildman–Crippen LogP) is 2.70. The number of carbonyl (C=O) groups is 1. The minimum Gasteiger partial charge on any atom is -0.376 e. The molecule has 0 saturated heterocycles. The van der Waals surface area contributed by atoms with Crippen LogP contribution in [0.3, 0.4) is 0 Å². The lowest BCUT2D eigenvalue weighted by molar-refractivity contribution is -0.126. The Bertz CT molecular complexity index is 357. The molecule has 0 spiro atoms. The van der Waals surface area contributed by atoms with Crippen LogP contribution in [0.15, 0.2) is 24.3 Å². The van der Waals surface area contributed by atoms with Crippen LogP contribution in [-0.2, 0) is 4.79 Å². The highest BCUT2D eigenvalue weighted by Gasteiger charge is 2.04. The van der Waals surface area contributed by atoms with Gasteiger partial charge in [-0.05, 0) is 30.0 Å². The first-order valence-electron chi connectivity index (χ1n) is 6.08. The van der Waals surface area contributed by atoms with Gasteiger partial charge >= 0.3 is 0 Å². The highest BCUT2D eigenvalue weighted by molar-refractivity contribution is 5.80. The van der Waals surface area contributed by atoms with Crippen molar-refractivity contribution in [1.29, 1.82) is 0 Å². The first kappa shape index (κ1) is 13.6. The van der Waals surface area contributed by atoms with Crippen molar-refractivity contribution in [2.24, 2.45) is 0 Å². The summed E-state index contributed by atoms with van der Waals surface area (Å²) in [5.41, 5.74) is 2.34. The van der Waals surface area contributed by atoms with E-state index in [0.717, 1.165) is 12.1 Å². The van der Waals surface area contributed by atoms with E-state index in [-0.39, 0.29) is 5.91 Å². The van der Waals surface area contributed by atoms with Gasteiger partial charge in [-0.3, -0.25) is 4.79 Å². The molecule has 17 heavy (non-hydrogen) atoms. The summed E-state index contributed by atoms with van der Waals surface area (Å²) in [5, 5.41) is 3.12. The summed E-state index contributed by atoms with van der Waals surface area (Å²) in [5.74, 6) is 0.670. The quantitative estimate of drug-likeness (QED) is 0.849. The Hall–Kier alpha value is -1.51. The summed E-state index contributed by atoms with van der Waals surface area (Å²) >= 11 is 0. The molecule has 0 aliphatic carbocycles. The Balaban J connectivity index is 2.54. The summed E-state index contributed by atoms with van der Waals surface area (Å²) < 4.78 is 0. The lowest BCUT2D eigenvalue weighted by atomic mass is 9.99. The van der Waals surface area contributed by atoms with E-state index < -0.39 is 0 Å². The van der Waals surface area contributed by atoms with Crippen LogP contribution in [0.25, 0.3) is 0 Å². The molecule has 1 unspecified atom stereocenters. The van der Waals surface area contributed by atoms with Crippen LogP contribution in [0, 0.1) is 0 Å². The van der Waals surface area contributed by atoms with Crippen LogP contribution in [0.2, 0.25) is 0 Å². The van der Waals surface area contributed by atoms with Crippen molar-refractivity contribution in [2.75, 3.05) is 26.0 Å². The molecule has 94 valence electrons. The van der Waals surface area contributed by atoms with Gasteiger partial charge in [-0.15, -0.1) is 0 Å². The number of nitrogens with one attached hydrogen (secondary N) is 1. The minimum atomic E-state index is 0.0796. The molecule has 0 saturated carbocycles. The van der Waals surface area contributed by atoms with E-state index in [0.29, 0.717) is 12.5 Å². The van der Waals surface area contributed by atoms with Gasteiger partial charge in [-0.2, -0.15) is 0 Å². The average Bonchev–Trinajstić information content (AvgIpc) is 2.35. The fraction of sp³-hybridized carbons (Fsp3) is 0.500. The maximum Gasteiger partial charge on any atom is 0.241 e. The van der Waals surface area contributed by atoms with Crippen LogP contribution in [0.1, 0.15) is 31.7 Å². The molecule has 1 amide bonds. The van der Waals surface area contributed by atoms with Crippen molar-refractivity contribution in [3.8, 4) is 0 Å². The van der Waals surface area contributed by atoms with Crippen LogP contribution < -0.4 is 5.32 Å². The number of anilines is 1. The lowest BCUT2D eigenvalue weighted by Crippen LogP contribution is -2.28. The zero-order valence-corrected chi connectivity index (χ0v) is 11.2. The van der Waals surface area contributed by atoms with Gasteiger partial charge in [0, 0.05) is 19.8 Å². The van der Waals surface area contributed by atoms with Gasteiger partial charge in [0.2, 0.25) is 5.91 Å². The lowest BCUT2D eigenvalue weighted by Gasteiger charge is -2.13. The largest absolute Gasteiger partial charge is 0.376 e. The smallest absolute Gasteiger partial charge is 0.241 e. The molecule has 3 heteroatoms. The Labute approximate surface area is 104 Å². The Morgan fingerprint density at radius 2 is 1.88 bits per heavy atom. The van der Waals surface area contributed by atoms with Gasteiger partial charge < -0.3 is 10.2 Å². The maximum atomic E-state index is 11.4. The van der Waals surface area contributed by atoms with Crippen LogP contribution in [-0.4, -0.2) is 31.4 Å². The Morgan fingerprint density at radius 1 is 1.29 bits per heavy atom. The molecular formula is C14H22N2O. The molecule has 0 fully saturated rings. The molecule has 0 aliphatic heterocycles. The second-order valence-corrected chi connectivity index (χ2v) is 4.57. The fourth-order valence-corrected chi connectivity index (χ4v) is 1.50. The molecule has 1 N–H and O–H groups in total. The maximum absolute atomic E-state index is 11.4. The summed E-state index contributed by atoms with van der Waals surface area (Å²) in [6.07, 6.45) is 1.14. The highest BCUT2D eigenvalue weighted by Crippen LogP contribution is 2.20. The van der Waals surface area contributed by atoms with Gasteiger partial charge in [0.05, 0.1) is 6.54 Å². The monoisotopic (exact) mass is 234 g/mol. The van der Waals surface area contributed by atoms with Crippen molar-refractivity contribution in [1.82, 2.24) is 4.90 Å². The molecule has 0 bridgehead atoms. The van der Waals surface area contributed by atoms with Crippen LogP contribution >= 0.6 is 0 Å². The average molecular weight is 234 g/mol. The SMILES string of the molecule is CCC(C)c1ccc(NCC(=O)N(C)C)cc1. The Kier molecular flexibility index (Phi) is 5.01. The van der Waals surface area contributed by atoms with Gasteiger partial charge in [0.15, 0.2) is 0 Å². The summed E-state index contributed by atoms with van der Waals surface area (Å²) in [4.78, 5) is 13.0. The van der Waals surface area contributed by atoms with E-state index in [1.807, 2.05) is 12.1 Å². The van der Waals surface area contributed by atoms with E-state index in [1.165, 1.54) is 5.56 Å². The van der Waals surface area contributed by atoms with Crippen LogP contribution in [0.4, 0.5) is 5.69 Å². The minimum absolute atomic E-state index is 0.0796. The predicted molar refractivity (Wildman–Crippen MR) is 72.3 cm³/mol. The fourth-order valence-electron chi connectivity index (χ4n) is 1.50. The first-order chi connectivity index (χ1) is 8.04. The van der Waals surface area contributed by atoms with Crippen molar-refractivity contribution >= 4 is 11.6 Å². The third-order valence-electron chi connectivity index (χ3n) is 3.03. The van der Waals surface area contributed by atoms with Gasteiger partial charge in [0.25, 0.3) is 0 Å². The van der Waals surface area contributed by atoms with Gasteiger partial charge in [-0.25, -0.2) is 0 Å². The van der Waals surface area contributed by atoms with Gasteiger partial charge in [0.1, 0.15) is 0 Å². The zero-order valence-electron chi connectivity index (χ0n) is 11.2. The highest BCUT2D eigenvalue weighted by atomic mass is 16.2. The molecule has 1 rings (SSSR count). The van der Waals surface area contributed by atoms with Crippen molar-refractivity contribution < 1.29 is 4.79 Å². The van der Waals surface area contributed by atoms with E-state index in [4.69, 9.17) is 0 Å². The second-order valence-electron chi connectivity index (χ2n) is 4.57. The van der Waals surface area contributed by atoms with Crippen molar-refractivity contribution in [2.45, 2.75) is 26.2 Å². The number of likely N-dealkylation sites (N-methyl/N-ethyl adjacent to an activating group) is 1.